The third-order valence-electron chi connectivity index (χ3n) is 4.42. The smallest absolute Gasteiger partial charge is 0.266 e. The number of aryl methyl sites for hydroxylation is 2. The molecule has 0 bridgehead atoms. The molecular weight excluding hydrogens is 358 g/mol. The van der Waals surface area contributed by atoms with E-state index in [2.05, 4.69) is 0 Å². The molecule has 1 heterocycles. The Kier molecular flexibility index (Phi) is 5.37. The maximum absolute atomic E-state index is 13.3. The van der Waals surface area contributed by atoms with Crippen molar-refractivity contribution in [2.45, 2.75) is 31.2 Å². The van der Waals surface area contributed by atoms with Crippen LogP contribution in [0.2, 0.25) is 0 Å². The summed E-state index contributed by atoms with van der Waals surface area (Å²) in [6.07, 6.45) is 0. The van der Waals surface area contributed by atoms with E-state index in [9.17, 15) is 9.59 Å². The molecule has 0 radical (unpaired) electrons. The molecule has 6 heteroatoms. The number of nitrogens with zero attached hydrogens (tertiary/aromatic N) is 3. The molecular formula is C21H23N3O2S. The van der Waals surface area contributed by atoms with Gasteiger partial charge in [-0.1, -0.05) is 36.0 Å². The van der Waals surface area contributed by atoms with Crippen LogP contribution in [0.3, 0.4) is 0 Å². The van der Waals surface area contributed by atoms with Crippen LogP contribution >= 0.6 is 11.8 Å². The Labute approximate surface area is 163 Å². The molecule has 0 aliphatic carbocycles. The van der Waals surface area contributed by atoms with Crippen LogP contribution in [0.4, 0.5) is 0 Å². The van der Waals surface area contributed by atoms with Crippen LogP contribution in [0.1, 0.15) is 18.1 Å². The number of carbonyl (C=O) groups excluding carboxylic acids is 1. The summed E-state index contributed by atoms with van der Waals surface area (Å²) in [7, 11) is 3.45. The Hall–Kier alpha value is -2.60. The van der Waals surface area contributed by atoms with Crippen LogP contribution in [0.25, 0.3) is 16.6 Å². The Morgan fingerprint density at radius 3 is 2.56 bits per heavy atom. The van der Waals surface area contributed by atoms with Crippen molar-refractivity contribution in [3.63, 3.8) is 0 Å². The number of benzene rings is 2. The minimum atomic E-state index is -0.357. The molecule has 0 saturated heterocycles. The number of carbonyl (C=O) groups is 1. The zero-order chi connectivity index (χ0) is 19.7. The second-order valence-corrected chi connectivity index (χ2v) is 8.14. The fourth-order valence-corrected chi connectivity index (χ4v) is 4.00. The molecule has 3 rings (SSSR count). The molecule has 1 aromatic heterocycles. The van der Waals surface area contributed by atoms with Gasteiger partial charge in [-0.15, -0.1) is 0 Å². The van der Waals surface area contributed by atoms with Gasteiger partial charge in [0, 0.05) is 14.1 Å². The number of hydrogen-bond donors (Lipinski definition) is 0. The predicted molar refractivity (Wildman–Crippen MR) is 111 cm³/mol. The van der Waals surface area contributed by atoms with Crippen molar-refractivity contribution in [2.24, 2.45) is 0 Å². The molecule has 0 saturated carbocycles. The van der Waals surface area contributed by atoms with Gasteiger partial charge in [-0.2, -0.15) is 0 Å². The summed E-state index contributed by atoms with van der Waals surface area (Å²) in [5, 5.41) is 0.730. The first-order valence-electron chi connectivity index (χ1n) is 8.77. The van der Waals surface area contributed by atoms with Gasteiger partial charge in [0.15, 0.2) is 5.16 Å². The number of hydrogen-bond acceptors (Lipinski definition) is 4. The number of fused-ring (bicyclic) bond motifs is 1. The predicted octanol–water partition coefficient (Wildman–Crippen LogP) is 3.57. The molecule has 1 amide bonds. The maximum Gasteiger partial charge on any atom is 0.266 e. The lowest BCUT2D eigenvalue weighted by Crippen LogP contribution is -2.31. The van der Waals surface area contributed by atoms with Crippen molar-refractivity contribution < 1.29 is 4.79 Å². The average molecular weight is 382 g/mol. The van der Waals surface area contributed by atoms with Gasteiger partial charge in [0.2, 0.25) is 5.91 Å². The van der Waals surface area contributed by atoms with Crippen molar-refractivity contribution in [1.29, 1.82) is 0 Å². The van der Waals surface area contributed by atoms with Gasteiger partial charge in [0.05, 0.1) is 21.8 Å². The van der Waals surface area contributed by atoms with Gasteiger partial charge in [-0.3, -0.25) is 14.2 Å². The lowest BCUT2D eigenvalue weighted by Gasteiger charge is -2.19. The third-order valence-corrected chi connectivity index (χ3v) is 5.46. The first-order valence-corrected chi connectivity index (χ1v) is 9.65. The quantitative estimate of drug-likeness (QED) is 0.512. The van der Waals surface area contributed by atoms with Crippen molar-refractivity contribution in [1.82, 2.24) is 14.5 Å². The molecule has 140 valence electrons. The van der Waals surface area contributed by atoms with Crippen molar-refractivity contribution in [3.8, 4) is 5.69 Å². The highest BCUT2D eigenvalue weighted by molar-refractivity contribution is 8.00. The number of aromatic nitrogens is 2. The molecule has 27 heavy (non-hydrogen) atoms. The highest BCUT2D eigenvalue weighted by Crippen LogP contribution is 2.27. The highest BCUT2D eigenvalue weighted by atomic mass is 32.2. The summed E-state index contributed by atoms with van der Waals surface area (Å²) < 4.78 is 1.63. The number of para-hydroxylation sites is 1. The zero-order valence-corrected chi connectivity index (χ0v) is 17.0. The SMILES string of the molecule is Cc1ccc(C)c(-n2c(S[C@@H](C)C(=O)N(C)C)nc3ccccc3c2=O)c1. The first-order chi connectivity index (χ1) is 12.8. The molecule has 0 aliphatic rings. The molecule has 0 N–H and O–H groups in total. The van der Waals surface area contributed by atoms with Gasteiger partial charge in [0.1, 0.15) is 0 Å². The van der Waals surface area contributed by atoms with Gasteiger partial charge < -0.3 is 4.90 Å². The monoisotopic (exact) mass is 381 g/mol. The third kappa shape index (κ3) is 3.76. The molecule has 0 aliphatic heterocycles. The van der Waals surface area contributed by atoms with E-state index in [0.717, 1.165) is 16.8 Å². The van der Waals surface area contributed by atoms with Crippen LogP contribution in [-0.2, 0) is 4.79 Å². The molecule has 0 fully saturated rings. The van der Waals surface area contributed by atoms with Crippen molar-refractivity contribution in [2.75, 3.05) is 14.1 Å². The van der Waals surface area contributed by atoms with Crippen LogP contribution < -0.4 is 5.56 Å². The minimum Gasteiger partial charge on any atom is -0.348 e. The zero-order valence-electron chi connectivity index (χ0n) is 16.2. The molecule has 3 aromatic rings. The normalized spacial score (nSPS) is 12.2. The van der Waals surface area contributed by atoms with Crippen LogP contribution in [-0.4, -0.2) is 39.7 Å². The van der Waals surface area contributed by atoms with Gasteiger partial charge in [-0.05, 0) is 50.1 Å². The second-order valence-electron chi connectivity index (χ2n) is 6.83. The highest BCUT2D eigenvalue weighted by Gasteiger charge is 2.22. The fourth-order valence-electron chi connectivity index (χ4n) is 2.94. The second kappa shape index (κ2) is 7.56. The van der Waals surface area contributed by atoms with E-state index in [0.29, 0.717) is 16.1 Å². The molecule has 1 atom stereocenters. The van der Waals surface area contributed by atoms with Crippen LogP contribution in [0.5, 0.6) is 0 Å². The summed E-state index contributed by atoms with van der Waals surface area (Å²) in [6.45, 7) is 5.80. The van der Waals surface area contributed by atoms with Crippen molar-refractivity contribution in [3.05, 3.63) is 63.9 Å². The minimum absolute atomic E-state index is 0.0186. The van der Waals surface area contributed by atoms with E-state index in [4.69, 9.17) is 4.98 Å². The van der Waals surface area contributed by atoms with E-state index in [1.807, 2.05) is 57.2 Å². The summed E-state index contributed by atoms with van der Waals surface area (Å²) in [5.74, 6) is -0.0186. The number of rotatable bonds is 4. The Morgan fingerprint density at radius 2 is 1.85 bits per heavy atom. The number of amides is 1. The summed E-state index contributed by atoms with van der Waals surface area (Å²) in [4.78, 5) is 31.9. The Bertz CT molecular complexity index is 1070. The average Bonchev–Trinajstić information content (AvgIpc) is 2.63. The van der Waals surface area contributed by atoms with Gasteiger partial charge in [0.25, 0.3) is 5.56 Å². The molecule has 0 spiro atoms. The lowest BCUT2D eigenvalue weighted by molar-refractivity contribution is -0.127. The van der Waals surface area contributed by atoms with Crippen molar-refractivity contribution >= 4 is 28.6 Å². The van der Waals surface area contributed by atoms with Crippen LogP contribution in [0, 0.1) is 13.8 Å². The largest absolute Gasteiger partial charge is 0.348 e. The molecule has 0 unspecified atom stereocenters. The van der Waals surface area contributed by atoms with Gasteiger partial charge >= 0.3 is 0 Å². The fraction of sp³-hybridized carbons (Fsp3) is 0.286. The summed E-state index contributed by atoms with van der Waals surface area (Å²) >= 11 is 1.31. The standard InChI is InChI=1S/C21H23N3O2S/c1-13-10-11-14(2)18(12-13)24-20(26)16-8-6-7-9-17(16)22-21(24)27-15(3)19(25)23(4)5/h6-12,15H,1-5H3/t15-/m0/s1. The van der Waals surface area contributed by atoms with E-state index < -0.39 is 0 Å². The Morgan fingerprint density at radius 1 is 1.15 bits per heavy atom. The molecule has 2 aromatic carbocycles. The van der Waals surface area contributed by atoms with Gasteiger partial charge in [-0.25, -0.2) is 4.98 Å². The topological polar surface area (TPSA) is 55.2 Å². The molecule has 5 nitrogen and oxygen atoms in total. The number of thioether (sulfide) groups is 1. The van der Waals surface area contributed by atoms with E-state index in [1.165, 1.54) is 11.8 Å². The van der Waals surface area contributed by atoms with E-state index in [1.54, 1.807) is 29.6 Å². The maximum atomic E-state index is 13.3. The van der Waals surface area contributed by atoms with Crippen LogP contribution in [0.15, 0.2) is 52.4 Å². The summed E-state index contributed by atoms with van der Waals surface area (Å²) in [5.41, 5.74) is 3.35. The van der Waals surface area contributed by atoms with E-state index in [-0.39, 0.29) is 16.7 Å². The lowest BCUT2D eigenvalue weighted by atomic mass is 10.1. The Balaban J connectivity index is 2.26. The summed E-state index contributed by atoms with van der Waals surface area (Å²) in [6, 6.07) is 13.3. The van der Waals surface area contributed by atoms with E-state index >= 15 is 0 Å². The first kappa shape index (κ1) is 19.2.